The number of ether oxygens (including phenoxy) is 3. The van der Waals surface area contributed by atoms with Crippen LogP contribution in [0.15, 0.2) is 96.0 Å². The normalized spacial score (nSPS) is 16.7. The van der Waals surface area contributed by atoms with E-state index in [-0.39, 0.29) is 93.6 Å². The number of amides is 5. The molecule has 0 fully saturated rings. The Balaban J connectivity index is 0.922. The number of carbonyl (C=O) groups excluding carboxylic acids is 7. The van der Waals surface area contributed by atoms with Crippen molar-refractivity contribution >= 4 is 80.2 Å². The van der Waals surface area contributed by atoms with Crippen LogP contribution in [-0.2, 0) is 70.8 Å². The van der Waals surface area contributed by atoms with Gasteiger partial charge >= 0.3 is 0 Å². The fourth-order valence-corrected chi connectivity index (χ4v) is 12.0. The summed E-state index contributed by atoms with van der Waals surface area (Å²) in [4.78, 5) is 101. The minimum Gasteiger partial charge on any atom is -0.493 e. The Kier molecular flexibility index (Phi) is 17.2. The van der Waals surface area contributed by atoms with Gasteiger partial charge in [0.25, 0.3) is 21.9 Å². The number of hydrogen-bond donors (Lipinski definition) is 2. The van der Waals surface area contributed by atoms with Crippen molar-refractivity contribution in [1.29, 1.82) is 0 Å². The molecule has 80 heavy (non-hydrogen) atoms. The van der Waals surface area contributed by atoms with Crippen molar-refractivity contribution in [3.05, 3.63) is 136 Å². The molecule has 2 N–H and O–H groups in total. The van der Waals surface area contributed by atoms with Gasteiger partial charge in [0.05, 0.1) is 44.1 Å². The number of benzene rings is 5. The second kappa shape index (κ2) is 24.4. The van der Waals surface area contributed by atoms with E-state index in [1.807, 2.05) is 54.6 Å². The predicted octanol–water partition coefficient (Wildman–Crippen LogP) is 7.01. The average molecular weight is 1110 g/mol. The summed E-state index contributed by atoms with van der Waals surface area (Å²) in [7, 11) is 1.60. The molecule has 0 saturated heterocycles. The van der Waals surface area contributed by atoms with Gasteiger partial charge in [-0.05, 0) is 115 Å². The maximum atomic E-state index is 14.4. The summed E-state index contributed by atoms with van der Waals surface area (Å²) in [5, 5.41) is 4.00. The van der Waals surface area contributed by atoms with Gasteiger partial charge in [0, 0.05) is 93.9 Å². The first-order valence-corrected chi connectivity index (χ1v) is 28.1. The van der Waals surface area contributed by atoms with Gasteiger partial charge in [-0.3, -0.25) is 47.6 Å². The van der Waals surface area contributed by atoms with Crippen LogP contribution in [-0.4, -0.2) is 108 Å². The predicted molar refractivity (Wildman–Crippen MR) is 300 cm³/mol. The summed E-state index contributed by atoms with van der Waals surface area (Å²) < 4.78 is 51.0. The number of methoxy groups -OCH3 is 1. The highest BCUT2D eigenvalue weighted by atomic mass is 32.2. The third-order valence-corrected chi connectivity index (χ3v) is 16.8. The van der Waals surface area contributed by atoms with E-state index in [4.69, 9.17) is 23.4 Å². The lowest BCUT2D eigenvalue weighted by Gasteiger charge is -2.28. The molecule has 418 valence electrons. The molecule has 4 heterocycles. The van der Waals surface area contributed by atoms with Crippen molar-refractivity contribution in [3.63, 3.8) is 0 Å². The van der Waals surface area contributed by atoms with Crippen molar-refractivity contribution < 1.29 is 60.4 Å². The average Bonchev–Trinajstić information content (AvgIpc) is 4.21. The molecule has 0 saturated carbocycles. The van der Waals surface area contributed by atoms with Crippen LogP contribution in [0.5, 0.6) is 17.2 Å². The lowest BCUT2D eigenvalue weighted by molar-refractivity contribution is -0.127. The third-order valence-electron chi connectivity index (χ3n) is 15.2. The fourth-order valence-electron chi connectivity index (χ4n) is 10.8. The molecule has 0 bridgehead atoms. The molecule has 9 rings (SSSR count). The van der Waals surface area contributed by atoms with E-state index in [9.17, 15) is 42.0 Å². The van der Waals surface area contributed by atoms with Crippen molar-refractivity contribution in [3.8, 4) is 17.2 Å². The zero-order chi connectivity index (χ0) is 56.8. The van der Waals surface area contributed by atoms with Gasteiger partial charge in [-0.2, -0.15) is 8.42 Å². The van der Waals surface area contributed by atoms with Crippen LogP contribution in [0.4, 0.5) is 22.7 Å². The molecule has 5 aromatic carbocycles. The largest absolute Gasteiger partial charge is 0.493 e. The van der Waals surface area contributed by atoms with E-state index in [1.54, 1.807) is 73.4 Å². The van der Waals surface area contributed by atoms with Crippen molar-refractivity contribution in [1.82, 2.24) is 10.6 Å². The number of anilines is 3. The van der Waals surface area contributed by atoms with Crippen LogP contribution >= 0.6 is 0 Å². The summed E-state index contributed by atoms with van der Waals surface area (Å²) in [5.74, 6) is -0.980. The second-order valence-corrected chi connectivity index (χ2v) is 22.3. The number of unbranched alkanes of at least 4 members (excludes halogenated alkanes) is 1. The van der Waals surface area contributed by atoms with Gasteiger partial charge < -0.3 is 34.6 Å². The lowest BCUT2D eigenvalue weighted by atomic mass is 9.97. The Morgan fingerprint density at radius 1 is 0.675 bits per heavy atom. The van der Waals surface area contributed by atoms with Crippen LogP contribution in [0.1, 0.15) is 105 Å². The Hall–Kier alpha value is -8.23. The van der Waals surface area contributed by atoms with Crippen molar-refractivity contribution in [2.75, 3.05) is 49.6 Å². The van der Waals surface area contributed by atoms with Gasteiger partial charge in [0.2, 0.25) is 17.7 Å². The molecule has 0 spiro atoms. The Bertz CT molecular complexity index is 3430. The van der Waals surface area contributed by atoms with E-state index in [0.717, 1.165) is 23.9 Å². The van der Waals surface area contributed by atoms with Crippen LogP contribution in [0.3, 0.4) is 0 Å². The highest BCUT2D eigenvalue weighted by Crippen LogP contribution is 2.43. The molecule has 4 aliphatic heterocycles. The molecule has 4 aliphatic rings. The molecule has 3 atom stereocenters. The zero-order valence-electron chi connectivity index (χ0n) is 45.4. The number of ketones is 2. The summed E-state index contributed by atoms with van der Waals surface area (Å²) >= 11 is 0. The molecule has 0 radical (unpaired) electrons. The molecule has 0 aromatic heterocycles. The Morgan fingerprint density at radius 3 is 2.02 bits per heavy atom. The van der Waals surface area contributed by atoms with E-state index >= 15 is 0 Å². The lowest BCUT2D eigenvalue weighted by Crippen LogP contribution is -2.47. The van der Waals surface area contributed by atoms with E-state index < -0.39 is 33.2 Å². The first-order valence-electron chi connectivity index (χ1n) is 26.6. The summed E-state index contributed by atoms with van der Waals surface area (Å²) in [6.45, 7) is 1.40. The number of nitrogens with one attached hydrogen (secondary N) is 2. The number of nitrogens with zero attached hydrogens (tertiary/aromatic N) is 4. The number of rotatable bonds is 23. The molecule has 5 aromatic rings. The number of aryl methyl sites for hydroxylation is 1. The number of fused-ring (bicyclic) bond motifs is 8. The number of hydrogen-bond acceptors (Lipinski definition) is 14. The van der Waals surface area contributed by atoms with E-state index in [1.165, 1.54) is 12.0 Å². The zero-order valence-corrected chi connectivity index (χ0v) is 46.2. The quantitative estimate of drug-likeness (QED) is 0.0496. The summed E-state index contributed by atoms with van der Waals surface area (Å²) in [6, 6.07) is 26.3. The van der Waals surface area contributed by atoms with Gasteiger partial charge in [0.1, 0.15) is 30.0 Å². The van der Waals surface area contributed by atoms with Crippen LogP contribution in [0.2, 0.25) is 0 Å². The summed E-state index contributed by atoms with van der Waals surface area (Å²) in [6.07, 6.45) is 3.97. The minimum atomic E-state index is -4.13. The SMILES string of the molecule is CNC(=O)CCCCC(=O)CCC(=O)NCC(=O)CCC(=O)N(C)c1cc(COc2cc3c(cc2C)C(=O)N2c4ccccc4C[C@H]2C(S(=O)(=O)OC)C3)cc(COc2cc3c(cc2OC)C(=O)N2c4ccccc4C[C@H]2C=N3)c1. The maximum absolute atomic E-state index is 14.4. The molecular formula is C60H64N6O13S. The van der Waals surface area contributed by atoms with Crippen LogP contribution in [0, 0.1) is 6.92 Å². The summed E-state index contributed by atoms with van der Waals surface area (Å²) in [5.41, 5.74) is 7.29. The maximum Gasteiger partial charge on any atom is 0.272 e. The minimum absolute atomic E-state index is 0.00935. The van der Waals surface area contributed by atoms with Gasteiger partial charge in [-0.1, -0.05) is 36.4 Å². The monoisotopic (exact) mass is 1110 g/mol. The molecular weight excluding hydrogens is 1040 g/mol. The molecule has 20 heteroatoms. The highest BCUT2D eigenvalue weighted by molar-refractivity contribution is 7.87. The first kappa shape index (κ1) is 56.5. The van der Waals surface area contributed by atoms with Gasteiger partial charge in [-0.15, -0.1) is 0 Å². The van der Waals surface area contributed by atoms with E-state index in [2.05, 4.69) is 10.6 Å². The second-order valence-electron chi connectivity index (χ2n) is 20.4. The molecule has 19 nitrogen and oxygen atoms in total. The highest BCUT2D eigenvalue weighted by Gasteiger charge is 2.48. The Morgan fingerprint density at radius 2 is 1.32 bits per heavy atom. The van der Waals surface area contributed by atoms with Crippen molar-refractivity contribution in [2.24, 2.45) is 4.99 Å². The van der Waals surface area contributed by atoms with Gasteiger partial charge in [0.15, 0.2) is 17.3 Å². The van der Waals surface area contributed by atoms with E-state index in [0.29, 0.717) is 99.8 Å². The molecule has 1 unspecified atom stereocenters. The van der Waals surface area contributed by atoms with Gasteiger partial charge in [-0.25, -0.2) is 0 Å². The first-order chi connectivity index (χ1) is 38.5. The number of aliphatic imine (C=N–C) groups is 1. The van der Waals surface area contributed by atoms with Crippen LogP contribution in [0.25, 0.3) is 0 Å². The topological polar surface area (TPSA) is 237 Å². The molecule has 0 aliphatic carbocycles. The fraction of sp³-hybridized carbons (Fsp3) is 0.367. The standard InChI is InChI=1S/C60H64N6O13S/c1-36-22-46-41(29-55(80(74,75)77-5)51-27-40-13-7-10-16-50(40)66(51)59(46)72)28-52(36)78-34-37-23-38(35-79-54-31-48-47(30-53(54)76-4)60(73)65-43(32-62-48)26-39-12-6-9-15-49(39)65)25-42(24-37)64(3)58(71)21-19-45(68)33-63-57(70)20-18-44(67)14-8-11-17-56(69)61-2/h6-7,9-10,12-13,15-16,22-25,28,30-32,43,51,55H,8,11,14,17-21,26-27,29,33-35H2,1-5H3,(H,61,69)(H,63,70)/t43-,51-,55?/m0/s1. The smallest absolute Gasteiger partial charge is 0.272 e. The third kappa shape index (κ3) is 12.3. The number of para-hydroxylation sites is 2. The van der Waals surface area contributed by atoms with Crippen molar-refractivity contribution in [2.45, 2.75) is 108 Å². The number of Topliss-reactive ketones (excluding diaryl/α,β-unsaturated/α-hetero) is 2. The number of carbonyl (C=O) groups is 7. The van der Waals surface area contributed by atoms with Crippen LogP contribution < -0.4 is 39.5 Å². The molecule has 5 amide bonds. The Labute approximate surface area is 464 Å².